The van der Waals surface area contributed by atoms with Gasteiger partial charge < -0.3 is 15.2 Å². The quantitative estimate of drug-likeness (QED) is 0.418. The molecule has 0 radical (unpaired) electrons. The summed E-state index contributed by atoms with van der Waals surface area (Å²) < 4.78 is 0. The normalized spacial score (nSPS) is 10.1. The molecule has 1 aromatic carbocycles. The molecule has 0 aromatic heterocycles. The summed E-state index contributed by atoms with van der Waals surface area (Å²) in [5, 5.41) is 12.7. The molecule has 0 aliphatic rings. The summed E-state index contributed by atoms with van der Waals surface area (Å²) in [4.78, 5) is 44.1. The number of carbonyl (C=O) groups is 4. The fourth-order valence-electron chi connectivity index (χ4n) is 1.49. The van der Waals surface area contributed by atoms with E-state index in [9.17, 15) is 24.3 Å². The molecule has 0 saturated carbocycles. The lowest BCUT2D eigenvalue weighted by Gasteiger charge is -2.06. The van der Waals surface area contributed by atoms with Crippen LogP contribution >= 0.6 is 0 Å². The highest BCUT2D eigenvalue weighted by atomic mass is 16.4. The first-order chi connectivity index (χ1) is 11.0. The fourth-order valence-corrected chi connectivity index (χ4v) is 1.49. The van der Waals surface area contributed by atoms with Crippen molar-refractivity contribution < 1.29 is 24.3 Å². The van der Waals surface area contributed by atoms with Crippen molar-refractivity contribution in [3.63, 3.8) is 0 Å². The van der Waals surface area contributed by atoms with Crippen LogP contribution in [0.25, 0.3) is 0 Å². The molecule has 3 N–H and O–H groups in total. The number of carbonyl (C=O) groups excluding carboxylic acids is 4. The maximum absolute atomic E-state index is 11.6. The summed E-state index contributed by atoms with van der Waals surface area (Å²) in [5.41, 5.74) is 4.97. The minimum Gasteiger partial charge on any atom is -0.545 e. The molecular weight excluding hydrogens is 302 g/mol. The maximum atomic E-state index is 11.6. The van der Waals surface area contributed by atoms with Gasteiger partial charge in [-0.25, -0.2) is 0 Å². The lowest BCUT2D eigenvalue weighted by atomic mass is 10.2. The third-order valence-corrected chi connectivity index (χ3v) is 2.61. The molecule has 0 fully saturated rings. The van der Waals surface area contributed by atoms with Crippen molar-refractivity contribution in [2.75, 3.05) is 0 Å². The first-order valence-electron chi connectivity index (χ1n) is 6.76. The van der Waals surface area contributed by atoms with Gasteiger partial charge in [0.2, 0.25) is 11.8 Å². The Bertz CT molecular complexity index is 598. The van der Waals surface area contributed by atoms with Crippen molar-refractivity contribution in [1.29, 1.82) is 0 Å². The lowest BCUT2D eigenvalue weighted by molar-refractivity contribution is -0.297. The summed E-state index contributed by atoms with van der Waals surface area (Å²) in [6.45, 7) is 0.367. The van der Waals surface area contributed by atoms with Gasteiger partial charge in [0.1, 0.15) is 0 Å². The third-order valence-electron chi connectivity index (χ3n) is 2.61. The number of hydrogen-bond acceptors (Lipinski definition) is 5. The number of carboxylic acids is 1. The third kappa shape index (κ3) is 8.66. The second-order valence-corrected chi connectivity index (χ2v) is 4.45. The van der Waals surface area contributed by atoms with Crippen LogP contribution in [0.4, 0.5) is 0 Å². The molecule has 0 unspecified atom stereocenters. The van der Waals surface area contributed by atoms with Gasteiger partial charge in [0, 0.05) is 25.5 Å². The SMILES string of the molecule is O=C([O-])/C=C/C(=O)NNC(=O)CCC(=O)NCc1ccccc1. The van der Waals surface area contributed by atoms with Gasteiger partial charge in [-0.15, -0.1) is 0 Å². The molecular formula is C15H16N3O5-. The smallest absolute Gasteiger partial charge is 0.262 e. The Kier molecular flexibility index (Phi) is 7.56. The van der Waals surface area contributed by atoms with Gasteiger partial charge in [-0.2, -0.15) is 0 Å². The number of amides is 3. The van der Waals surface area contributed by atoms with Crippen molar-refractivity contribution in [2.24, 2.45) is 0 Å². The minimum atomic E-state index is -1.53. The van der Waals surface area contributed by atoms with Gasteiger partial charge in [-0.3, -0.25) is 25.2 Å². The molecule has 0 aliphatic heterocycles. The zero-order chi connectivity index (χ0) is 17.1. The lowest BCUT2D eigenvalue weighted by Crippen LogP contribution is -2.41. The summed E-state index contributed by atoms with van der Waals surface area (Å²) in [7, 11) is 0. The number of rotatable bonds is 7. The second kappa shape index (κ2) is 9.72. The molecule has 0 aliphatic carbocycles. The van der Waals surface area contributed by atoms with Crippen LogP contribution < -0.4 is 21.3 Å². The van der Waals surface area contributed by atoms with Gasteiger partial charge in [-0.05, 0) is 11.6 Å². The number of aliphatic carboxylic acids is 1. The van der Waals surface area contributed by atoms with Crippen molar-refractivity contribution in [1.82, 2.24) is 16.2 Å². The molecule has 0 saturated heterocycles. The summed E-state index contributed by atoms with van der Waals surface area (Å²) in [6, 6.07) is 9.30. The zero-order valence-electron chi connectivity index (χ0n) is 12.2. The van der Waals surface area contributed by atoms with Crippen molar-refractivity contribution >= 4 is 23.7 Å². The van der Waals surface area contributed by atoms with Crippen molar-refractivity contribution in [3.8, 4) is 0 Å². The van der Waals surface area contributed by atoms with E-state index in [1.165, 1.54) is 0 Å². The van der Waals surface area contributed by atoms with E-state index in [1.54, 1.807) is 0 Å². The first kappa shape index (κ1) is 17.9. The Morgan fingerprint density at radius 1 is 0.913 bits per heavy atom. The van der Waals surface area contributed by atoms with Crippen molar-refractivity contribution in [2.45, 2.75) is 19.4 Å². The fraction of sp³-hybridized carbons (Fsp3) is 0.200. The van der Waals surface area contributed by atoms with Gasteiger partial charge in [0.25, 0.3) is 5.91 Å². The Morgan fingerprint density at radius 3 is 2.22 bits per heavy atom. The Morgan fingerprint density at radius 2 is 1.57 bits per heavy atom. The molecule has 3 amide bonds. The number of hydrazine groups is 1. The van der Waals surface area contributed by atoms with Crippen LogP contribution in [-0.2, 0) is 25.7 Å². The minimum absolute atomic E-state index is 0.0383. The summed E-state index contributed by atoms with van der Waals surface area (Å²) in [6.07, 6.45) is 1.06. The molecule has 0 atom stereocenters. The average Bonchev–Trinajstić information content (AvgIpc) is 2.55. The molecule has 8 nitrogen and oxygen atoms in total. The van der Waals surface area contributed by atoms with Crippen molar-refractivity contribution in [3.05, 3.63) is 48.0 Å². The van der Waals surface area contributed by atoms with E-state index >= 15 is 0 Å². The van der Waals surface area contributed by atoms with Crippen LogP contribution in [-0.4, -0.2) is 23.7 Å². The number of carboxylic acid groups (broad SMARTS) is 1. The predicted molar refractivity (Wildman–Crippen MR) is 78.0 cm³/mol. The van der Waals surface area contributed by atoms with E-state index in [0.29, 0.717) is 18.7 Å². The van der Waals surface area contributed by atoms with Crippen LogP contribution in [0.3, 0.4) is 0 Å². The summed E-state index contributed by atoms with van der Waals surface area (Å²) >= 11 is 0. The van der Waals surface area contributed by atoms with E-state index in [2.05, 4.69) is 10.7 Å². The molecule has 23 heavy (non-hydrogen) atoms. The highest BCUT2D eigenvalue weighted by Gasteiger charge is 2.07. The van der Waals surface area contributed by atoms with Gasteiger partial charge in [0.05, 0.1) is 5.97 Å². The van der Waals surface area contributed by atoms with E-state index in [4.69, 9.17) is 0 Å². The van der Waals surface area contributed by atoms with Crippen LogP contribution in [0.1, 0.15) is 18.4 Å². The topological polar surface area (TPSA) is 127 Å². The Labute approximate surface area is 132 Å². The number of nitrogens with one attached hydrogen (secondary N) is 3. The molecule has 122 valence electrons. The van der Waals surface area contributed by atoms with E-state index in [1.807, 2.05) is 35.8 Å². The molecule has 0 spiro atoms. The second-order valence-electron chi connectivity index (χ2n) is 4.45. The molecule has 0 bridgehead atoms. The summed E-state index contributed by atoms with van der Waals surface area (Å²) in [5.74, 6) is -3.22. The highest BCUT2D eigenvalue weighted by Crippen LogP contribution is 1.98. The Balaban J connectivity index is 2.18. The molecule has 1 aromatic rings. The predicted octanol–water partition coefficient (Wildman–Crippen LogP) is -1.46. The average molecular weight is 318 g/mol. The van der Waals surface area contributed by atoms with E-state index in [0.717, 1.165) is 5.56 Å². The Hall–Kier alpha value is -3.16. The molecule has 0 heterocycles. The van der Waals surface area contributed by atoms with Gasteiger partial charge in [0.15, 0.2) is 0 Å². The zero-order valence-corrected chi connectivity index (χ0v) is 12.2. The number of benzene rings is 1. The standard InChI is InChI=1S/C15H17N3O5/c19-12(16-10-11-4-2-1-3-5-11)6-7-13(20)17-18-14(21)8-9-15(22)23/h1-5,8-9H,6-7,10H2,(H,16,19)(H,17,20)(H,18,21)(H,22,23)/p-1/b9-8+. The van der Waals surface area contributed by atoms with Crippen LogP contribution in [0.5, 0.6) is 0 Å². The largest absolute Gasteiger partial charge is 0.545 e. The van der Waals surface area contributed by atoms with Gasteiger partial charge >= 0.3 is 0 Å². The highest BCUT2D eigenvalue weighted by molar-refractivity contribution is 5.94. The van der Waals surface area contributed by atoms with E-state index in [-0.39, 0.29) is 18.7 Å². The van der Waals surface area contributed by atoms with Crippen LogP contribution in [0, 0.1) is 0 Å². The van der Waals surface area contributed by atoms with Crippen LogP contribution in [0.2, 0.25) is 0 Å². The van der Waals surface area contributed by atoms with Gasteiger partial charge in [-0.1, -0.05) is 30.3 Å². The van der Waals surface area contributed by atoms with Crippen LogP contribution in [0.15, 0.2) is 42.5 Å². The maximum Gasteiger partial charge on any atom is 0.262 e. The molecule has 8 heteroatoms. The van der Waals surface area contributed by atoms with E-state index < -0.39 is 17.8 Å². The first-order valence-corrected chi connectivity index (χ1v) is 6.76. The monoisotopic (exact) mass is 318 g/mol. The molecule has 1 rings (SSSR count). The number of hydrogen-bond donors (Lipinski definition) is 3.